The van der Waals surface area contributed by atoms with Crippen LogP contribution in [0.15, 0.2) is 24.3 Å². The summed E-state index contributed by atoms with van der Waals surface area (Å²) in [6, 6.07) is 7.54. The van der Waals surface area contributed by atoms with E-state index in [1.807, 2.05) is 24.3 Å². The number of nitrogens with zero attached hydrogens (tertiary/aromatic N) is 4. The molecule has 84 valence electrons. The van der Waals surface area contributed by atoms with Crippen molar-refractivity contribution >= 4 is 5.69 Å². The number of tetrazole rings is 1. The maximum absolute atomic E-state index is 5.73. The van der Waals surface area contributed by atoms with E-state index in [4.69, 9.17) is 5.73 Å². The fourth-order valence-corrected chi connectivity index (χ4v) is 1.56. The summed E-state index contributed by atoms with van der Waals surface area (Å²) >= 11 is 0. The molecule has 0 amide bonds. The van der Waals surface area contributed by atoms with Gasteiger partial charge in [0.25, 0.3) is 0 Å². The van der Waals surface area contributed by atoms with Gasteiger partial charge in [-0.1, -0.05) is 19.9 Å². The third-order valence-electron chi connectivity index (χ3n) is 2.24. The van der Waals surface area contributed by atoms with Gasteiger partial charge in [0.1, 0.15) is 0 Å². The summed E-state index contributed by atoms with van der Waals surface area (Å²) in [5.74, 6) is 1.38. The Morgan fingerprint density at radius 3 is 2.88 bits per heavy atom. The molecular weight excluding hydrogens is 202 g/mol. The minimum atomic E-state index is 0.519. The lowest BCUT2D eigenvalue weighted by molar-refractivity contribution is 0.605. The van der Waals surface area contributed by atoms with Crippen LogP contribution >= 0.6 is 0 Å². The van der Waals surface area contributed by atoms with Crippen LogP contribution in [0.4, 0.5) is 5.69 Å². The molecule has 0 aliphatic carbocycles. The Morgan fingerprint density at radius 2 is 2.19 bits per heavy atom. The van der Waals surface area contributed by atoms with Gasteiger partial charge in [0.15, 0.2) is 5.82 Å². The van der Waals surface area contributed by atoms with Crippen LogP contribution in [0.3, 0.4) is 0 Å². The van der Waals surface area contributed by atoms with Crippen LogP contribution in [0.1, 0.15) is 19.7 Å². The van der Waals surface area contributed by atoms with Gasteiger partial charge in [-0.3, -0.25) is 0 Å². The highest BCUT2D eigenvalue weighted by molar-refractivity contribution is 5.47. The van der Waals surface area contributed by atoms with Gasteiger partial charge in [-0.2, -0.15) is 4.68 Å². The first-order chi connectivity index (χ1) is 7.66. The Labute approximate surface area is 94.3 Å². The van der Waals surface area contributed by atoms with Crippen molar-refractivity contribution in [3.05, 3.63) is 30.1 Å². The van der Waals surface area contributed by atoms with E-state index in [1.165, 1.54) is 0 Å². The van der Waals surface area contributed by atoms with Crippen LogP contribution in [0.2, 0.25) is 0 Å². The predicted octanol–water partition coefficient (Wildman–Crippen LogP) is 1.44. The monoisotopic (exact) mass is 217 g/mol. The normalized spacial score (nSPS) is 10.9. The number of anilines is 1. The quantitative estimate of drug-likeness (QED) is 0.790. The Morgan fingerprint density at radius 1 is 1.38 bits per heavy atom. The molecule has 1 aromatic carbocycles. The summed E-state index contributed by atoms with van der Waals surface area (Å²) in [7, 11) is 0. The van der Waals surface area contributed by atoms with Gasteiger partial charge in [-0.05, 0) is 34.5 Å². The first kappa shape index (κ1) is 10.6. The van der Waals surface area contributed by atoms with Crippen LogP contribution < -0.4 is 5.73 Å². The fourth-order valence-electron chi connectivity index (χ4n) is 1.56. The average molecular weight is 217 g/mol. The van der Waals surface area contributed by atoms with E-state index in [0.717, 1.165) is 17.9 Å². The maximum atomic E-state index is 5.73. The molecular formula is C11H15N5. The van der Waals surface area contributed by atoms with Crippen LogP contribution in [0, 0.1) is 5.92 Å². The number of nitrogens with two attached hydrogens (primary N) is 1. The smallest absolute Gasteiger partial charge is 0.156 e. The van der Waals surface area contributed by atoms with E-state index in [2.05, 4.69) is 29.4 Å². The van der Waals surface area contributed by atoms with E-state index >= 15 is 0 Å². The van der Waals surface area contributed by atoms with Crippen LogP contribution in [0.5, 0.6) is 0 Å². The van der Waals surface area contributed by atoms with Gasteiger partial charge in [0.05, 0.1) is 5.69 Å². The second-order valence-electron chi connectivity index (χ2n) is 4.20. The predicted molar refractivity (Wildman–Crippen MR) is 62.1 cm³/mol. The molecule has 0 aliphatic heterocycles. The highest BCUT2D eigenvalue weighted by Gasteiger charge is 2.09. The molecule has 0 unspecified atom stereocenters. The topological polar surface area (TPSA) is 69.6 Å². The number of aromatic nitrogens is 4. The summed E-state index contributed by atoms with van der Waals surface area (Å²) < 4.78 is 1.73. The summed E-state index contributed by atoms with van der Waals surface area (Å²) in [6.45, 7) is 4.27. The fraction of sp³-hybridized carbons (Fsp3) is 0.364. The molecule has 16 heavy (non-hydrogen) atoms. The molecule has 1 heterocycles. The van der Waals surface area contributed by atoms with Crippen molar-refractivity contribution in [3.8, 4) is 5.69 Å². The van der Waals surface area contributed by atoms with Crippen molar-refractivity contribution < 1.29 is 0 Å². The lowest BCUT2D eigenvalue weighted by Crippen LogP contribution is -2.06. The molecule has 0 radical (unpaired) electrons. The van der Waals surface area contributed by atoms with Crippen molar-refractivity contribution in [1.29, 1.82) is 0 Å². The van der Waals surface area contributed by atoms with Crippen molar-refractivity contribution in [3.63, 3.8) is 0 Å². The minimum absolute atomic E-state index is 0.519. The molecule has 2 rings (SSSR count). The molecule has 2 N–H and O–H groups in total. The molecule has 0 saturated carbocycles. The zero-order valence-electron chi connectivity index (χ0n) is 9.46. The molecule has 0 fully saturated rings. The highest BCUT2D eigenvalue weighted by atomic mass is 15.5. The zero-order valence-corrected chi connectivity index (χ0v) is 9.46. The number of rotatable bonds is 3. The third-order valence-corrected chi connectivity index (χ3v) is 2.24. The lowest BCUT2D eigenvalue weighted by atomic mass is 10.1. The van der Waals surface area contributed by atoms with E-state index in [1.54, 1.807) is 4.68 Å². The SMILES string of the molecule is CC(C)Cc1nnnn1-c1cccc(N)c1. The third kappa shape index (κ3) is 2.18. The Hall–Kier alpha value is -1.91. The number of nitrogen functional groups attached to an aromatic ring is 1. The van der Waals surface area contributed by atoms with Gasteiger partial charge < -0.3 is 5.73 Å². The van der Waals surface area contributed by atoms with Crippen LogP contribution in [0.25, 0.3) is 5.69 Å². The van der Waals surface area contributed by atoms with E-state index in [0.29, 0.717) is 11.6 Å². The van der Waals surface area contributed by atoms with E-state index < -0.39 is 0 Å². The van der Waals surface area contributed by atoms with E-state index in [9.17, 15) is 0 Å². The minimum Gasteiger partial charge on any atom is -0.399 e. The van der Waals surface area contributed by atoms with Gasteiger partial charge in [-0.25, -0.2) is 0 Å². The van der Waals surface area contributed by atoms with Crippen molar-refractivity contribution in [1.82, 2.24) is 20.2 Å². The summed E-state index contributed by atoms with van der Waals surface area (Å²) in [4.78, 5) is 0. The van der Waals surface area contributed by atoms with Crippen molar-refractivity contribution in [2.75, 3.05) is 5.73 Å². The Balaban J connectivity index is 2.37. The largest absolute Gasteiger partial charge is 0.399 e. The number of benzene rings is 1. The van der Waals surface area contributed by atoms with Gasteiger partial charge in [-0.15, -0.1) is 5.10 Å². The summed E-state index contributed by atoms with van der Waals surface area (Å²) in [5, 5.41) is 11.7. The first-order valence-electron chi connectivity index (χ1n) is 5.30. The zero-order chi connectivity index (χ0) is 11.5. The van der Waals surface area contributed by atoms with Crippen molar-refractivity contribution in [2.24, 2.45) is 5.92 Å². The second-order valence-corrected chi connectivity index (χ2v) is 4.20. The molecule has 5 heteroatoms. The molecule has 0 saturated heterocycles. The highest BCUT2D eigenvalue weighted by Crippen LogP contribution is 2.13. The maximum Gasteiger partial charge on any atom is 0.156 e. The standard InChI is InChI=1S/C11H15N5/c1-8(2)6-11-13-14-15-16(11)10-5-3-4-9(12)7-10/h3-5,7-8H,6,12H2,1-2H3. The molecule has 0 atom stereocenters. The number of hydrogen-bond donors (Lipinski definition) is 1. The second kappa shape index (κ2) is 4.30. The number of hydrogen-bond acceptors (Lipinski definition) is 4. The van der Waals surface area contributed by atoms with Gasteiger partial charge >= 0.3 is 0 Å². The van der Waals surface area contributed by atoms with Crippen LogP contribution in [-0.2, 0) is 6.42 Å². The molecule has 0 bridgehead atoms. The first-order valence-corrected chi connectivity index (χ1v) is 5.30. The molecule has 0 aliphatic rings. The average Bonchev–Trinajstić information content (AvgIpc) is 2.65. The van der Waals surface area contributed by atoms with Crippen LogP contribution in [-0.4, -0.2) is 20.2 Å². The molecule has 1 aromatic heterocycles. The lowest BCUT2D eigenvalue weighted by Gasteiger charge is -2.06. The molecule has 2 aromatic rings. The summed E-state index contributed by atoms with van der Waals surface area (Å²) in [5.41, 5.74) is 7.35. The van der Waals surface area contributed by atoms with Crippen molar-refractivity contribution in [2.45, 2.75) is 20.3 Å². The Kier molecular flexibility index (Phi) is 2.85. The van der Waals surface area contributed by atoms with E-state index in [-0.39, 0.29) is 0 Å². The molecule has 0 spiro atoms. The van der Waals surface area contributed by atoms with Gasteiger partial charge in [0, 0.05) is 12.1 Å². The molecule has 5 nitrogen and oxygen atoms in total. The summed E-state index contributed by atoms with van der Waals surface area (Å²) in [6.07, 6.45) is 0.849. The van der Waals surface area contributed by atoms with Gasteiger partial charge in [0.2, 0.25) is 0 Å². The Bertz CT molecular complexity index is 475.